The molecule has 1 saturated heterocycles. The van der Waals surface area contributed by atoms with E-state index in [0.717, 1.165) is 32.2 Å². The second kappa shape index (κ2) is 10.1. The molecule has 27 heavy (non-hydrogen) atoms. The van der Waals surface area contributed by atoms with Crippen molar-refractivity contribution in [2.24, 2.45) is 5.41 Å². The van der Waals surface area contributed by atoms with Gasteiger partial charge in [-0.2, -0.15) is 5.06 Å². The van der Waals surface area contributed by atoms with Gasteiger partial charge in [0.1, 0.15) is 6.61 Å². The van der Waals surface area contributed by atoms with Crippen molar-refractivity contribution in [1.82, 2.24) is 9.73 Å². The summed E-state index contributed by atoms with van der Waals surface area (Å²) in [7, 11) is -1.94. The van der Waals surface area contributed by atoms with Crippen LogP contribution in [0, 0.1) is 5.41 Å². The van der Waals surface area contributed by atoms with Crippen LogP contribution >= 0.6 is 8.18 Å². The summed E-state index contributed by atoms with van der Waals surface area (Å²) >= 11 is 0. The van der Waals surface area contributed by atoms with Crippen molar-refractivity contribution in [2.45, 2.75) is 98.2 Å². The Morgan fingerprint density at radius 2 is 1.74 bits per heavy atom. The molecular formula is C20H42N2O4P+. The number of nitrogens with zero attached hydrogens (tertiary/aromatic N) is 2. The molecule has 0 aromatic rings. The normalized spacial score (nSPS) is 21.6. The maximum atomic E-state index is 13.1. The van der Waals surface area contributed by atoms with Gasteiger partial charge in [0.2, 0.25) is 0 Å². The SMILES string of the molecule is CCCCN(C1CC(C)(C)N(OCC)C(C)(C)C1)[P+](=O)OCC(C)(C)CO. The fourth-order valence-electron chi connectivity index (χ4n) is 3.97. The molecule has 1 heterocycles. The lowest BCUT2D eigenvalue weighted by Crippen LogP contribution is -2.63. The number of hydrogen-bond donors (Lipinski definition) is 1. The van der Waals surface area contributed by atoms with Gasteiger partial charge in [0.05, 0.1) is 19.3 Å². The first-order chi connectivity index (χ1) is 12.4. The number of piperidine rings is 1. The van der Waals surface area contributed by atoms with Crippen LogP contribution in [0.2, 0.25) is 0 Å². The molecule has 1 atom stereocenters. The Labute approximate surface area is 167 Å². The van der Waals surface area contributed by atoms with Crippen LogP contribution in [-0.2, 0) is 13.9 Å². The third-order valence-corrected chi connectivity index (χ3v) is 6.49. The lowest BCUT2D eigenvalue weighted by Gasteiger charge is -2.53. The van der Waals surface area contributed by atoms with E-state index in [1.807, 2.05) is 20.8 Å². The van der Waals surface area contributed by atoms with Crippen LogP contribution in [0.3, 0.4) is 0 Å². The van der Waals surface area contributed by atoms with Crippen LogP contribution in [0.15, 0.2) is 0 Å². The largest absolute Gasteiger partial charge is 0.616 e. The molecule has 0 spiro atoms. The molecule has 0 aromatic heterocycles. The molecule has 0 radical (unpaired) electrons. The van der Waals surface area contributed by atoms with Crippen molar-refractivity contribution in [1.29, 1.82) is 0 Å². The third kappa shape index (κ3) is 7.02. The summed E-state index contributed by atoms with van der Waals surface area (Å²) in [5.74, 6) is 0. The molecule has 0 aliphatic carbocycles. The van der Waals surface area contributed by atoms with Crippen molar-refractivity contribution in [3.63, 3.8) is 0 Å². The summed E-state index contributed by atoms with van der Waals surface area (Å²) in [6.07, 6.45) is 3.77. The minimum atomic E-state index is -1.94. The van der Waals surface area contributed by atoms with Gasteiger partial charge < -0.3 is 5.11 Å². The summed E-state index contributed by atoms with van der Waals surface area (Å²) in [6.45, 7) is 18.5. The van der Waals surface area contributed by atoms with Crippen molar-refractivity contribution >= 4 is 8.18 Å². The van der Waals surface area contributed by atoms with E-state index in [2.05, 4.69) is 44.4 Å². The average Bonchev–Trinajstić information content (AvgIpc) is 2.56. The molecule has 1 fully saturated rings. The molecule has 160 valence electrons. The second-order valence-corrected chi connectivity index (χ2v) is 11.0. The summed E-state index contributed by atoms with van der Waals surface area (Å²) in [6, 6.07) is 0.166. The Bertz CT molecular complexity index is 465. The zero-order valence-corrected chi connectivity index (χ0v) is 19.6. The van der Waals surface area contributed by atoms with Crippen molar-refractivity contribution in [3.05, 3.63) is 0 Å². The van der Waals surface area contributed by atoms with Gasteiger partial charge in [-0.15, -0.1) is 4.52 Å². The minimum absolute atomic E-state index is 0.0118. The van der Waals surface area contributed by atoms with E-state index in [4.69, 9.17) is 9.36 Å². The van der Waals surface area contributed by atoms with Gasteiger partial charge in [0.15, 0.2) is 0 Å². The monoisotopic (exact) mass is 405 g/mol. The van der Waals surface area contributed by atoms with E-state index < -0.39 is 13.6 Å². The number of aliphatic hydroxyl groups is 1. The highest BCUT2D eigenvalue weighted by Crippen LogP contribution is 2.45. The van der Waals surface area contributed by atoms with Crippen molar-refractivity contribution in [3.8, 4) is 0 Å². The summed E-state index contributed by atoms with van der Waals surface area (Å²) < 4.78 is 20.9. The van der Waals surface area contributed by atoms with Crippen LogP contribution in [0.25, 0.3) is 0 Å². The molecular weight excluding hydrogens is 363 g/mol. The first-order valence-corrected chi connectivity index (χ1v) is 11.4. The standard InChI is InChI=1S/C20H42N2O4P/c1-9-11-12-21(27(24)26-16-18(3,4)15-23)17-13-19(5,6)22(25-10-2)20(7,8)14-17/h17,23H,9-16H2,1-8H3/q+1. The zero-order valence-electron chi connectivity index (χ0n) is 18.7. The van der Waals surface area contributed by atoms with Crippen LogP contribution in [0.5, 0.6) is 0 Å². The topological polar surface area (TPSA) is 62.2 Å². The van der Waals surface area contributed by atoms with Crippen LogP contribution in [0.4, 0.5) is 0 Å². The summed E-state index contributed by atoms with van der Waals surface area (Å²) in [5.41, 5.74) is -0.709. The molecule has 1 unspecified atom stereocenters. The molecule has 0 bridgehead atoms. The van der Waals surface area contributed by atoms with Crippen LogP contribution in [0.1, 0.15) is 81.1 Å². The van der Waals surface area contributed by atoms with Crippen molar-refractivity contribution in [2.75, 3.05) is 26.4 Å². The van der Waals surface area contributed by atoms with Gasteiger partial charge in [-0.1, -0.05) is 31.9 Å². The van der Waals surface area contributed by atoms with E-state index >= 15 is 0 Å². The van der Waals surface area contributed by atoms with Gasteiger partial charge >= 0.3 is 8.18 Å². The smallest absolute Gasteiger partial charge is 0.396 e. The number of aliphatic hydroxyl groups excluding tert-OH is 1. The first-order valence-electron chi connectivity index (χ1n) is 10.3. The first kappa shape index (κ1) is 24.9. The molecule has 1 rings (SSSR count). The summed E-state index contributed by atoms with van der Waals surface area (Å²) in [4.78, 5) is 5.97. The van der Waals surface area contributed by atoms with E-state index in [9.17, 15) is 9.67 Å². The number of rotatable bonds is 11. The minimum Gasteiger partial charge on any atom is -0.396 e. The maximum Gasteiger partial charge on any atom is 0.616 e. The number of unbranched alkanes of at least 4 members (excludes halogenated alkanes) is 1. The van der Waals surface area contributed by atoms with Gasteiger partial charge in [-0.3, -0.25) is 4.84 Å². The second-order valence-electron chi connectivity index (χ2n) is 9.75. The van der Waals surface area contributed by atoms with Gasteiger partial charge in [0.25, 0.3) is 0 Å². The molecule has 7 heteroatoms. The van der Waals surface area contributed by atoms with E-state index in [1.54, 1.807) is 0 Å². The highest BCUT2D eigenvalue weighted by Gasteiger charge is 2.51. The van der Waals surface area contributed by atoms with E-state index in [-0.39, 0.29) is 30.3 Å². The Morgan fingerprint density at radius 1 is 1.19 bits per heavy atom. The molecule has 1 N–H and O–H groups in total. The quantitative estimate of drug-likeness (QED) is 0.500. The summed E-state index contributed by atoms with van der Waals surface area (Å²) in [5, 5.41) is 11.6. The Morgan fingerprint density at radius 3 is 2.19 bits per heavy atom. The Kier molecular flexibility index (Phi) is 9.32. The molecule has 6 nitrogen and oxygen atoms in total. The predicted molar refractivity (Wildman–Crippen MR) is 111 cm³/mol. The van der Waals surface area contributed by atoms with Crippen LogP contribution in [-0.4, -0.2) is 58.3 Å². The van der Waals surface area contributed by atoms with Crippen molar-refractivity contribution < 1.29 is 19.0 Å². The third-order valence-electron chi connectivity index (χ3n) is 5.19. The maximum absolute atomic E-state index is 13.1. The fraction of sp³-hybridized carbons (Fsp3) is 1.00. The number of hydrogen-bond acceptors (Lipinski definition) is 5. The van der Waals surface area contributed by atoms with E-state index in [0.29, 0.717) is 6.61 Å². The van der Waals surface area contributed by atoms with E-state index in [1.165, 1.54) is 0 Å². The Hall–Kier alpha value is -0.100. The highest BCUT2D eigenvalue weighted by molar-refractivity contribution is 7.36. The Balaban J connectivity index is 2.97. The molecule has 1 aliphatic rings. The van der Waals surface area contributed by atoms with Gasteiger partial charge in [-0.25, -0.2) is 0 Å². The highest BCUT2D eigenvalue weighted by atomic mass is 31.1. The lowest BCUT2D eigenvalue weighted by molar-refractivity contribution is -0.284. The number of hydroxylamine groups is 2. The molecule has 0 saturated carbocycles. The zero-order chi connectivity index (χ0) is 20.9. The van der Waals surface area contributed by atoms with Gasteiger partial charge in [0, 0.05) is 23.0 Å². The molecule has 1 aliphatic heterocycles. The predicted octanol–water partition coefficient (Wildman–Crippen LogP) is 4.75. The van der Waals surface area contributed by atoms with Gasteiger partial charge in [-0.05, 0) is 58.4 Å². The lowest BCUT2D eigenvalue weighted by atomic mass is 9.79. The fourth-order valence-corrected chi connectivity index (χ4v) is 5.31. The average molecular weight is 406 g/mol. The molecule has 0 amide bonds. The molecule has 0 aromatic carbocycles. The van der Waals surface area contributed by atoms with Crippen LogP contribution < -0.4 is 0 Å².